The lowest BCUT2D eigenvalue weighted by atomic mass is 10.0. The molecular weight excluding hydrogens is 300 g/mol. The predicted octanol–water partition coefficient (Wildman–Crippen LogP) is 3.86. The monoisotopic (exact) mass is 322 g/mol. The molecule has 0 bridgehead atoms. The van der Waals surface area contributed by atoms with Crippen molar-refractivity contribution in [3.05, 3.63) is 29.8 Å². The zero-order valence-electron chi connectivity index (χ0n) is 12.6. The van der Waals surface area contributed by atoms with Crippen LogP contribution in [0.25, 0.3) is 0 Å². The minimum atomic E-state index is 0.00893. The molecule has 2 rings (SSSR count). The van der Waals surface area contributed by atoms with Crippen LogP contribution in [0, 0.1) is 0 Å². The molecule has 114 valence electrons. The van der Waals surface area contributed by atoms with Gasteiger partial charge in [-0.25, -0.2) is 0 Å². The van der Waals surface area contributed by atoms with Gasteiger partial charge in [-0.2, -0.15) is 0 Å². The summed E-state index contributed by atoms with van der Waals surface area (Å²) in [6.45, 7) is 6.32. The lowest BCUT2D eigenvalue weighted by Crippen LogP contribution is -2.25. The van der Waals surface area contributed by atoms with E-state index in [2.05, 4.69) is 30.1 Å². The third kappa shape index (κ3) is 4.71. The van der Waals surface area contributed by atoms with Crippen molar-refractivity contribution in [1.29, 1.82) is 0 Å². The van der Waals surface area contributed by atoms with Crippen molar-refractivity contribution in [1.82, 2.24) is 4.90 Å². The van der Waals surface area contributed by atoms with E-state index < -0.39 is 0 Å². The third-order valence-corrected chi connectivity index (χ3v) is 5.07. The fraction of sp³-hybridized carbons (Fsp3) is 0.500. The van der Waals surface area contributed by atoms with Crippen LogP contribution in [-0.2, 0) is 4.79 Å². The summed E-state index contributed by atoms with van der Waals surface area (Å²) in [7, 11) is 0. The maximum Gasteiger partial charge on any atom is 0.234 e. The lowest BCUT2D eigenvalue weighted by Gasteiger charge is -2.18. The first-order chi connectivity index (χ1) is 10.1. The number of hydrogen-bond donors (Lipinski definition) is 1. The Morgan fingerprint density at radius 1 is 1.33 bits per heavy atom. The van der Waals surface area contributed by atoms with Gasteiger partial charge in [0.05, 0.1) is 5.75 Å². The Balaban J connectivity index is 1.86. The molecule has 5 heteroatoms. The molecule has 1 N–H and O–H groups in total. The summed E-state index contributed by atoms with van der Waals surface area (Å²) in [6, 6.07) is 7.96. The van der Waals surface area contributed by atoms with E-state index in [0.717, 1.165) is 28.7 Å². The third-order valence-electron chi connectivity index (χ3n) is 3.55. The summed E-state index contributed by atoms with van der Waals surface area (Å²) in [5.74, 6) is 0.774. The van der Waals surface area contributed by atoms with Crippen molar-refractivity contribution >= 4 is 39.9 Å². The van der Waals surface area contributed by atoms with Gasteiger partial charge in [-0.1, -0.05) is 56.0 Å². The second-order valence-corrected chi connectivity index (χ2v) is 7.15. The van der Waals surface area contributed by atoms with Crippen molar-refractivity contribution < 1.29 is 4.79 Å². The van der Waals surface area contributed by atoms with Crippen molar-refractivity contribution in [3.63, 3.8) is 0 Å². The summed E-state index contributed by atoms with van der Waals surface area (Å²) < 4.78 is 0.847. The Morgan fingerprint density at radius 3 is 2.67 bits per heavy atom. The van der Waals surface area contributed by atoms with Crippen LogP contribution in [0.1, 0.15) is 38.2 Å². The van der Waals surface area contributed by atoms with Crippen LogP contribution in [0.15, 0.2) is 24.3 Å². The molecule has 0 spiro atoms. The SMILES string of the molecule is CC(C)c1ccccc1NC(=O)CSC(=S)N1CCCC1. The molecule has 0 saturated carbocycles. The van der Waals surface area contributed by atoms with Crippen LogP contribution in [0.5, 0.6) is 0 Å². The molecule has 1 aliphatic heterocycles. The second kappa shape index (κ2) is 7.80. The average Bonchev–Trinajstić information content (AvgIpc) is 2.99. The van der Waals surface area contributed by atoms with Gasteiger partial charge in [0.1, 0.15) is 4.32 Å². The number of rotatable bonds is 4. The molecule has 0 unspecified atom stereocenters. The van der Waals surface area contributed by atoms with Gasteiger partial charge in [-0.3, -0.25) is 4.79 Å². The van der Waals surface area contributed by atoms with E-state index in [1.54, 1.807) is 0 Å². The van der Waals surface area contributed by atoms with Crippen molar-refractivity contribution in [2.24, 2.45) is 0 Å². The maximum atomic E-state index is 12.1. The van der Waals surface area contributed by atoms with Crippen LogP contribution >= 0.6 is 24.0 Å². The first-order valence-electron chi connectivity index (χ1n) is 7.38. The zero-order chi connectivity index (χ0) is 15.2. The summed E-state index contributed by atoms with van der Waals surface area (Å²) in [6.07, 6.45) is 2.41. The van der Waals surface area contributed by atoms with Crippen LogP contribution in [0.2, 0.25) is 0 Å². The van der Waals surface area contributed by atoms with Gasteiger partial charge >= 0.3 is 0 Å². The summed E-state index contributed by atoms with van der Waals surface area (Å²) in [5, 5.41) is 3.00. The van der Waals surface area contributed by atoms with Gasteiger partial charge in [-0.05, 0) is 30.4 Å². The predicted molar refractivity (Wildman–Crippen MR) is 95.0 cm³/mol. The van der Waals surface area contributed by atoms with Crippen LogP contribution in [-0.4, -0.2) is 34.0 Å². The minimum Gasteiger partial charge on any atom is -0.358 e. The largest absolute Gasteiger partial charge is 0.358 e. The quantitative estimate of drug-likeness (QED) is 0.853. The van der Waals surface area contributed by atoms with Gasteiger partial charge in [0.25, 0.3) is 0 Å². The van der Waals surface area contributed by atoms with Crippen molar-refractivity contribution in [2.45, 2.75) is 32.6 Å². The summed E-state index contributed by atoms with van der Waals surface area (Å²) in [5.41, 5.74) is 2.07. The fourth-order valence-electron chi connectivity index (χ4n) is 2.42. The molecule has 3 nitrogen and oxygen atoms in total. The molecule has 0 radical (unpaired) electrons. The van der Waals surface area contributed by atoms with Gasteiger partial charge < -0.3 is 10.2 Å². The molecule has 0 aromatic heterocycles. The number of nitrogens with one attached hydrogen (secondary N) is 1. The van der Waals surface area contributed by atoms with Gasteiger partial charge in [0.15, 0.2) is 0 Å². The molecule has 1 aromatic rings. The molecule has 0 aliphatic carbocycles. The number of likely N-dealkylation sites (tertiary alicyclic amines) is 1. The smallest absolute Gasteiger partial charge is 0.234 e. The Morgan fingerprint density at radius 2 is 2.00 bits per heavy atom. The highest BCUT2D eigenvalue weighted by Gasteiger charge is 2.16. The number of thioether (sulfide) groups is 1. The first kappa shape index (κ1) is 16.3. The molecule has 21 heavy (non-hydrogen) atoms. The topological polar surface area (TPSA) is 32.3 Å². The molecular formula is C16H22N2OS2. The highest BCUT2D eigenvalue weighted by molar-refractivity contribution is 8.23. The van der Waals surface area contributed by atoms with Gasteiger partial charge in [-0.15, -0.1) is 0 Å². The molecule has 1 amide bonds. The number of para-hydroxylation sites is 1. The van der Waals surface area contributed by atoms with Crippen molar-refractivity contribution in [3.8, 4) is 0 Å². The van der Waals surface area contributed by atoms with E-state index in [-0.39, 0.29) is 5.91 Å². The molecule has 1 aromatic carbocycles. The molecule has 1 fully saturated rings. The van der Waals surface area contributed by atoms with Crippen LogP contribution < -0.4 is 5.32 Å². The standard InChI is InChI=1S/C16H22N2OS2/c1-12(2)13-7-3-4-8-14(13)17-15(19)11-21-16(20)18-9-5-6-10-18/h3-4,7-8,12H,5-6,9-11H2,1-2H3,(H,17,19). The lowest BCUT2D eigenvalue weighted by molar-refractivity contribution is -0.113. The van der Waals surface area contributed by atoms with E-state index >= 15 is 0 Å². The highest BCUT2D eigenvalue weighted by Crippen LogP contribution is 2.24. The Labute approximate surface area is 136 Å². The van der Waals surface area contributed by atoms with Gasteiger partial charge in [0.2, 0.25) is 5.91 Å². The number of hydrogen-bond acceptors (Lipinski definition) is 3. The zero-order valence-corrected chi connectivity index (χ0v) is 14.2. The number of nitrogens with zero attached hydrogens (tertiary/aromatic N) is 1. The highest BCUT2D eigenvalue weighted by atomic mass is 32.2. The Hall–Kier alpha value is -1.07. The number of thiocarbonyl (C=S) groups is 1. The molecule has 1 aliphatic rings. The number of carbonyl (C=O) groups excluding carboxylic acids is 1. The van der Waals surface area contributed by atoms with Crippen LogP contribution in [0.3, 0.4) is 0 Å². The molecule has 1 heterocycles. The van der Waals surface area contributed by atoms with E-state index in [9.17, 15) is 4.79 Å². The number of amides is 1. The Bertz CT molecular complexity index is 511. The molecule has 0 atom stereocenters. The van der Waals surface area contributed by atoms with E-state index in [1.165, 1.54) is 24.6 Å². The fourth-order valence-corrected chi connectivity index (χ4v) is 3.47. The summed E-state index contributed by atoms with van der Waals surface area (Å²) >= 11 is 6.83. The van der Waals surface area contributed by atoms with E-state index in [0.29, 0.717) is 11.7 Å². The van der Waals surface area contributed by atoms with E-state index in [1.807, 2.05) is 18.2 Å². The first-order valence-corrected chi connectivity index (χ1v) is 8.78. The molecule has 1 saturated heterocycles. The minimum absolute atomic E-state index is 0.00893. The van der Waals surface area contributed by atoms with Crippen molar-refractivity contribution in [2.75, 3.05) is 24.2 Å². The maximum absolute atomic E-state index is 12.1. The van der Waals surface area contributed by atoms with Crippen LogP contribution in [0.4, 0.5) is 5.69 Å². The Kier molecular flexibility index (Phi) is 6.06. The summed E-state index contributed by atoms with van der Waals surface area (Å²) in [4.78, 5) is 14.3. The normalized spacial score (nSPS) is 14.5. The second-order valence-electron chi connectivity index (χ2n) is 5.54. The number of carbonyl (C=O) groups is 1. The average molecular weight is 322 g/mol. The van der Waals surface area contributed by atoms with E-state index in [4.69, 9.17) is 12.2 Å². The number of benzene rings is 1. The number of anilines is 1. The van der Waals surface area contributed by atoms with Gasteiger partial charge in [0, 0.05) is 18.8 Å².